The normalized spacial score (nSPS) is 13.5. The Morgan fingerprint density at radius 3 is 2.83 bits per heavy atom. The molecule has 0 bridgehead atoms. The van der Waals surface area contributed by atoms with E-state index in [-0.39, 0.29) is 5.91 Å². The van der Waals surface area contributed by atoms with Crippen molar-refractivity contribution in [1.82, 2.24) is 19.9 Å². The fourth-order valence-corrected chi connectivity index (χ4v) is 2.01. The zero-order chi connectivity index (χ0) is 12.5. The van der Waals surface area contributed by atoms with Gasteiger partial charge in [-0.25, -0.2) is 4.98 Å². The Kier molecular flexibility index (Phi) is 2.51. The fraction of sp³-hybridized carbons (Fsp3) is 0.231. The predicted molar refractivity (Wildman–Crippen MR) is 64.6 cm³/mol. The molecule has 0 aromatic carbocycles. The SMILES string of the molecule is Cc1cnc(C(=O)N2Cc3cccnc3C2)cn1. The number of pyridine rings is 1. The predicted octanol–water partition coefficient (Wildman–Crippen LogP) is 1.34. The summed E-state index contributed by atoms with van der Waals surface area (Å²) in [6, 6.07) is 3.88. The van der Waals surface area contributed by atoms with E-state index in [4.69, 9.17) is 0 Å². The monoisotopic (exact) mass is 240 g/mol. The van der Waals surface area contributed by atoms with Gasteiger partial charge in [0, 0.05) is 18.9 Å². The van der Waals surface area contributed by atoms with Crippen molar-refractivity contribution in [3.05, 3.63) is 53.4 Å². The van der Waals surface area contributed by atoms with Crippen molar-refractivity contribution < 1.29 is 4.79 Å². The molecule has 1 aliphatic heterocycles. The smallest absolute Gasteiger partial charge is 0.274 e. The molecule has 0 saturated carbocycles. The van der Waals surface area contributed by atoms with Crippen LogP contribution >= 0.6 is 0 Å². The van der Waals surface area contributed by atoms with Crippen molar-refractivity contribution in [3.63, 3.8) is 0 Å². The van der Waals surface area contributed by atoms with Crippen molar-refractivity contribution >= 4 is 5.91 Å². The van der Waals surface area contributed by atoms with E-state index in [0.717, 1.165) is 17.0 Å². The Labute approximate surface area is 105 Å². The molecule has 0 saturated heterocycles. The van der Waals surface area contributed by atoms with Crippen LogP contribution in [0.25, 0.3) is 0 Å². The van der Waals surface area contributed by atoms with Gasteiger partial charge < -0.3 is 4.90 Å². The van der Waals surface area contributed by atoms with E-state index in [9.17, 15) is 4.79 Å². The molecule has 1 aliphatic rings. The van der Waals surface area contributed by atoms with Crippen molar-refractivity contribution in [2.75, 3.05) is 0 Å². The van der Waals surface area contributed by atoms with E-state index in [1.165, 1.54) is 6.20 Å². The minimum Gasteiger partial charge on any atom is -0.327 e. The maximum atomic E-state index is 12.2. The lowest BCUT2D eigenvalue weighted by molar-refractivity contribution is 0.0744. The van der Waals surface area contributed by atoms with E-state index >= 15 is 0 Å². The van der Waals surface area contributed by atoms with Gasteiger partial charge in [0.25, 0.3) is 5.91 Å². The molecule has 0 radical (unpaired) electrons. The molecule has 0 unspecified atom stereocenters. The standard InChI is InChI=1S/C13H12N4O/c1-9-5-16-11(6-15-9)13(18)17-7-10-3-2-4-14-12(10)8-17/h2-6H,7-8H2,1H3. The molecule has 1 amide bonds. The average molecular weight is 240 g/mol. The van der Waals surface area contributed by atoms with Crippen LogP contribution in [0.2, 0.25) is 0 Å². The third-order valence-corrected chi connectivity index (χ3v) is 2.97. The third-order valence-electron chi connectivity index (χ3n) is 2.97. The molecular weight excluding hydrogens is 228 g/mol. The van der Waals surface area contributed by atoms with Crippen LogP contribution in [-0.2, 0) is 13.1 Å². The number of nitrogens with zero attached hydrogens (tertiary/aromatic N) is 4. The summed E-state index contributed by atoms with van der Waals surface area (Å²) in [6.45, 7) is 2.99. The first-order valence-electron chi connectivity index (χ1n) is 5.75. The Balaban J connectivity index is 1.82. The summed E-state index contributed by atoms with van der Waals surface area (Å²) >= 11 is 0. The summed E-state index contributed by atoms with van der Waals surface area (Å²) in [6.07, 6.45) is 4.88. The minimum absolute atomic E-state index is 0.0968. The highest BCUT2D eigenvalue weighted by molar-refractivity contribution is 5.92. The molecule has 0 spiro atoms. The molecule has 0 fully saturated rings. The molecule has 18 heavy (non-hydrogen) atoms. The molecule has 3 rings (SSSR count). The van der Waals surface area contributed by atoms with Gasteiger partial charge in [-0.15, -0.1) is 0 Å². The fourth-order valence-electron chi connectivity index (χ4n) is 2.01. The van der Waals surface area contributed by atoms with Gasteiger partial charge in [-0.3, -0.25) is 14.8 Å². The first-order valence-corrected chi connectivity index (χ1v) is 5.75. The van der Waals surface area contributed by atoms with Crippen molar-refractivity contribution in [3.8, 4) is 0 Å². The van der Waals surface area contributed by atoms with E-state index in [2.05, 4.69) is 15.0 Å². The van der Waals surface area contributed by atoms with Gasteiger partial charge in [-0.1, -0.05) is 6.07 Å². The topological polar surface area (TPSA) is 59.0 Å². The molecule has 2 aromatic rings. The van der Waals surface area contributed by atoms with Gasteiger partial charge in [-0.2, -0.15) is 0 Å². The first-order chi connectivity index (χ1) is 8.74. The lowest BCUT2D eigenvalue weighted by Gasteiger charge is -2.13. The Morgan fingerprint density at radius 1 is 1.22 bits per heavy atom. The molecular formula is C13H12N4O. The van der Waals surface area contributed by atoms with Crippen LogP contribution in [0.1, 0.15) is 27.4 Å². The number of amides is 1. The summed E-state index contributed by atoms with van der Waals surface area (Å²) in [5, 5.41) is 0. The number of aromatic nitrogens is 3. The van der Waals surface area contributed by atoms with Gasteiger partial charge in [-0.05, 0) is 18.6 Å². The number of rotatable bonds is 1. The molecule has 0 atom stereocenters. The highest BCUT2D eigenvalue weighted by Gasteiger charge is 2.25. The Bertz CT molecular complexity index is 569. The largest absolute Gasteiger partial charge is 0.327 e. The zero-order valence-corrected chi connectivity index (χ0v) is 10.00. The summed E-state index contributed by atoms with van der Waals surface area (Å²) in [5.41, 5.74) is 3.25. The second-order valence-electron chi connectivity index (χ2n) is 4.31. The minimum atomic E-state index is -0.0968. The van der Waals surface area contributed by atoms with Gasteiger partial charge in [0.2, 0.25) is 0 Å². The number of fused-ring (bicyclic) bond motifs is 1. The van der Waals surface area contributed by atoms with Crippen LogP contribution < -0.4 is 0 Å². The molecule has 0 aliphatic carbocycles. The lowest BCUT2D eigenvalue weighted by Crippen LogP contribution is -2.26. The Hall–Kier alpha value is -2.30. The van der Waals surface area contributed by atoms with E-state index in [0.29, 0.717) is 18.8 Å². The molecule has 3 heterocycles. The Morgan fingerprint density at radius 2 is 2.11 bits per heavy atom. The van der Waals surface area contributed by atoms with Crippen LogP contribution in [0.3, 0.4) is 0 Å². The highest BCUT2D eigenvalue weighted by Crippen LogP contribution is 2.21. The summed E-state index contributed by atoms with van der Waals surface area (Å²) in [7, 11) is 0. The second-order valence-corrected chi connectivity index (χ2v) is 4.31. The van der Waals surface area contributed by atoms with Crippen molar-refractivity contribution in [1.29, 1.82) is 0 Å². The lowest BCUT2D eigenvalue weighted by atomic mass is 10.2. The quantitative estimate of drug-likeness (QED) is 0.754. The maximum Gasteiger partial charge on any atom is 0.274 e. The highest BCUT2D eigenvalue weighted by atomic mass is 16.2. The summed E-state index contributed by atoms with van der Waals surface area (Å²) < 4.78 is 0. The van der Waals surface area contributed by atoms with Gasteiger partial charge >= 0.3 is 0 Å². The van der Waals surface area contributed by atoms with Gasteiger partial charge in [0.1, 0.15) is 5.69 Å². The van der Waals surface area contributed by atoms with Crippen LogP contribution in [0.15, 0.2) is 30.7 Å². The van der Waals surface area contributed by atoms with Gasteiger partial charge in [0.15, 0.2) is 0 Å². The van der Waals surface area contributed by atoms with Crippen molar-refractivity contribution in [2.45, 2.75) is 20.0 Å². The summed E-state index contributed by atoms with van der Waals surface area (Å²) in [4.78, 5) is 26.4. The van der Waals surface area contributed by atoms with Crippen molar-refractivity contribution in [2.24, 2.45) is 0 Å². The molecule has 90 valence electrons. The number of carbonyl (C=O) groups excluding carboxylic acids is 1. The first kappa shape index (κ1) is 10.8. The number of carbonyl (C=O) groups is 1. The summed E-state index contributed by atoms with van der Waals surface area (Å²) in [5.74, 6) is -0.0968. The maximum absolute atomic E-state index is 12.2. The van der Waals surface area contributed by atoms with Gasteiger partial charge in [0.05, 0.1) is 24.1 Å². The average Bonchev–Trinajstić information content (AvgIpc) is 2.82. The molecule has 5 nitrogen and oxygen atoms in total. The number of hydrogen-bond acceptors (Lipinski definition) is 4. The van der Waals surface area contributed by atoms with E-state index < -0.39 is 0 Å². The second kappa shape index (κ2) is 4.18. The van der Waals surface area contributed by atoms with Crippen LogP contribution in [-0.4, -0.2) is 25.8 Å². The van der Waals surface area contributed by atoms with E-state index in [1.54, 1.807) is 17.3 Å². The van der Waals surface area contributed by atoms with Crippen LogP contribution in [0.5, 0.6) is 0 Å². The van der Waals surface area contributed by atoms with E-state index in [1.807, 2.05) is 19.1 Å². The zero-order valence-electron chi connectivity index (χ0n) is 10.00. The molecule has 2 aromatic heterocycles. The number of hydrogen-bond donors (Lipinski definition) is 0. The van der Waals surface area contributed by atoms with Crippen LogP contribution in [0, 0.1) is 6.92 Å². The molecule has 0 N–H and O–H groups in total. The third kappa shape index (κ3) is 1.84. The van der Waals surface area contributed by atoms with Crippen LogP contribution in [0.4, 0.5) is 0 Å². The molecule has 5 heteroatoms. The number of aryl methyl sites for hydroxylation is 1.